The molecule has 8 heteroatoms. The molecule has 21 heavy (non-hydrogen) atoms. The zero-order valence-electron chi connectivity index (χ0n) is 11.4. The van der Waals surface area contributed by atoms with Crippen molar-refractivity contribution >= 4 is 28.4 Å². The first-order chi connectivity index (χ1) is 10.1. The Kier molecular flexibility index (Phi) is 2.98. The van der Waals surface area contributed by atoms with E-state index in [2.05, 4.69) is 25.4 Å². The molecule has 2 N–H and O–H groups in total. The molecule has 0 spiro atoms. The van der Waals surface area contributed by atoms with Crippen LogP contribution in [0.1, 0.15) is 16.1 Å². The molecule has 0 aliphatic rings. The Hall–Kier alpha value is -3.03. The lowest BCUT2D eigenvalue weighted by atomic mass is 10.1. The molecular formula is C13H12N6O2. The summed E-state index contributed by atoms with van der Waals surface area (Å²) in [5, 5.41) is 17.4. The summed E-state index contributed by atoms with van der Waals surface area (Å²) in [4.78, 5) is 23.4. The fourth-order valence-corrected chi connectivity index (χ4v) is 2.21. The van der Waals surface area contributed by atoms with E-state index in [4.69, 9.17) is 0 Å². The fraction of sp³-hybridized carbons (Fsp3) is 0.154. The zero-order chi connectivity index (χ0) is 15.0. The Labute approximate surface area is 119 Å². The Morgan fingerprint density at radius 3 is 2.67 bits per heavy atom. The SMILES string of the molecule is Cc1nn(C)c2ncc(C(=O)O)c(Nc3cncnc3)c12. The van der Waals surface area contributed by atoms with Gasteiger partial charge >= 0.3 is 5.97 Å². The number of anilines is 2. The Morgan fingerprint density at radius 2 is 2.00 bits per heavy atom. The molecule has 0 aliphatic carbocycles. The molecule has 3 heterocycles. The summed E-state index contributed by atoms with van der Waals surface area (Å²) < 4.78 is 1.61. The lowest BCUT2D eigenvalue weighted by molar-refractivity contribution is 0.0697. The summed E-state index contributed by atoms with van der Waals surface area (Å²) in [6.07, 6.45) is 5.85. The van der Waals surface area contributed by atoms with Crippen molar-refractivity contribution in [3.05, 3.63) is 36.2 Å². The molecule has 106 valence electrons. The molecule has 0 unspecified atom stereocenters. The second-order valence-corrected chi connectivity index (χ2v) is 4.51. The van der Waals surface area contributed by atoms with Gasteiger partial charge in [-0.25, -0.2) is 19.7 Å². The summed E-state index contributed by atoms with van der Waals surface area (Å²) in [6, 6.07) is 0. The van der Waals surface area contributed by atoms with E-state index in [0.29, 0.717) is 28.1 Å². The highest BCUT2D eigenvalue weighted by Crippen LogP contribution is 2.30. The molecular weight excluding hydrogens is 272 g/mol. The maximum Gasteiger partial charge on any atom is 0.339 e. The largest absolute Gasteiger partial charge is 0.478 e. The van der Waals surface area contributed by atoms with Crippen LogP contribution >= 0.6 is 0 Å². The van der Waals surface area contributed by atoms with Gasteiger partial charge in [0.1, 0.15) is 11.9 Å². The van der Waals surface area contributed by atoms with Crippen molar-refractivity contribution in [3.8, 4) is 0 Å². The van der Waals surface area contributed by atoms with E-state index in [9.17, 15) is 9.90 Å². The van der Waals surface area contributed by atoms with Crippen LogP contribution in [0.5, 0.6) is 0 Å². The average molecular weight is 284 g/mol. The van der Waals surface area contributed by atoms with Crippen molar-refractivity contribution in [2.75, 3.05) is 5.32 Å². The van der Waals surface area contributed by atoms with E-state index >= 15 is 0 Å². The number of aromatic carboxylic acids is 1. The summed E-state index contributed by atoms with van der Waals surface area (Å²) in [5.41, 5.74) is 2.41. The van der Waals surface area contributed by atoms with E-state index in [1.165, 1.54) is 12.5 Å². The molecule has 0 aliphatic heterocycles. The van der Waals surface area contributed by atoms with Crippen molar-refractivity contribution in [2.24, 2.45) is 7.05 Å². The number of rotatable bonds is 3. The van der Waals surface area contributed by atoms with E-state index in [1.807, 2.05) is 6.92 Å². The topological polar surface area (TPSA) is 106 Å². The molecule has 0 radical (unpaired) electrons. The minimum atomic E-state index is -1.06. The standard InChI is InChI=1S/C13H12N6O2/c1-7-10-11(17-8-3-14-6-15-4-8)9(13(20)21)5-16-12(10)19(2)18-7/h3-6H,1-2H3,(H,16,17)(H,20,21). The van der Waals surface area contributed by atoms with Gasteiger partial charge in [0.15, 0.2) is 5.65 Å². The van der Waals surface area contributed by atoms with Crippen LogP contribution < -0.4 is 5.32 Å². The van der Waals surface area contributed by atoms with Crippen LogP contribution in [0.4, 0.5) is 11.4 Å². The van der Waals surface area contributed by atoms with E-state index in [1.54, 1.807) is 24.1 Å². The van der Waals surface area contributed by atoms with E-state index in [-0.39, 0.29) is 5.56 Å². The predicted octanol–water partition coefficient (Wildman–Crippen LogP) is 1.51. The Balaban J connectivity index is 2.26. The average Bonchev–Trinajstić information content (AvgIpc) is 2.75. The molecule has 8 nitrogen and oxygen atoms in total. The van der Waals surface area contributed by atoms with Crippen molar-refractivity contribution in [1.29, 1.82) is 0 Å². The third-order valence-corrected chi connectivity index (χ3v) is 3.09. The van der Waals surface area contributed by atoms with Crippen LogP contribution in [-0.4, -0.2) is 35.8 Å². The molecule has 3 aromatic heterocycles. The van der Waals surface area contributed by atoms with Crippen molar-refractivity contribution < 1.29 is 9.90 Å². The first-order valence-corrected chi connectivity index (χ1v) is 6.15. The number of fused-ring (bicyclic) bond motifs is 1. The molecule has 0 amide bonds. The first-order valence-electron chi connectivity index (χ1n) is 6.15. The third kappa shape index (κ3) is 2.16. The van der Waals surface area contributed by atoms with Gasteiger partial charge in [-0.3, -0.25) is 4.68 Å². The fourth-order valence-electron chi connectivity index (χ4n) is 2.21. The molecule has 0 bridgehead atoms. The van der Waals surface area contributed by atoms with Gasteiger partial charge in [-0.2, -0.15) is 5.10 Å². The minimum Gasteiger partial charge on any atom is -0.478 e. The summed E-state index contributed by atoms with van der Waals surface area (Å²) in [6.45, 7) is 1.81. The summed E-state index contributed by atoms with van der Waals surface area (Å²) >= 11 is 0. The van der Waals surface area contributed by atoms with E-state index in [0.717, 1.165) is 0 Å². The number of nitrogens with one attached hydrogen (secondary N) is 1. The minimum absolute atomic E-state index is 0.0717. The van der Waals surface area contributed by atoms with Gasteiger partial charge in [-0.1, -0.05) is 0 Å². The number of hydrogen-bond donors (Lipinski definition) is 2. The normalized spacial score (nSPS) is 10.8. The van der Waals surface area contributed by atoms with Gasteiger partial charge in [-0.05, 0) is 6.92 Å². The highest BCUT2D eigenvalue weighted by molar-refractivity contribution is 6.05. The maximum absolute atomic E-state index is 11.4. The van der Waals surface area contributed by atoms with Crippen LogP contribution in [-0.2, 0) is 7.05 Å². The quantitative estimate of drug-likeness (QED) is 0.750. The number of pyridine rings is 1. The number of carboxylic acids is 1. The highest BCUT2D eigenvalue weighted by atomic mass is 16.4. The third-order valence-electron chi connectivity index (χ3n) is 3.09. The van der Waals surface area contributed by atoms with Gasteiger partial charge in [0.05, 0.1) is 34.8 Å². The van der Waals surface area contributed by atoms with Crippen LogP contribution in [0.3, 0.4) is 0 Å². The first kappa shape index (κ1) is 13.0. The monoisotopic (exact) mass is 284 g/mol. The lowest BCUT2D eigenvalue weighted by Gasteiger charge is -2.10. The molecule has 3 aromatic rings. The maximum atomic E-state index is 11.4. The Morgan fingerprint density at radius 1 is 1.29 bits per heavy atom. The van der Waals surface area contributed by atoms with E-state index < -0.39 is 5.97 Å². The lowest BCUT2D eigenvalue weighted by Crippen LogP contribution is -2.05. The van der Waals surface area contributed by atoms with Crippen LogP contribution in [0.15, 0.2) is 24.9 Å². The van der Waals surface area contributed by atoms with Gasteiger partial charge in [0, 0.05) is 13.2 Å². The number of aromatic nitrogens is 5. The molecule has 0 saturated carbocycles. The van der Waals surface area contributed by atoms with Gasteiger partial charge in [0.2, 0.25) is 0 Å². The molecule has 0 saturated heterocycles. The number of carbonyl (C=O) groups is 1. The second kappa shape index (κ2) is 4.82. The number of nitrogens with zero attached hydrogens (tertiary/aromatic N) is 5. The molecule has 0 aromatic carbocycles. The van der Waals surface area contributed by atoms with Gasteiger partial charge in [0.25, 0.3) is 0 Å². The van der Waals surface area contributed by atoms with Gasteiger partial charge in [-0.15, -0.1) is 0 Å². The number of aryl methyl sites for hydroxylation is 2. The van der Waals surface area contributed by atoms with Crippen LogP contribution in [0.2, 0.25) is 0 Å². The summed E-state index contributed by atoms with van der Waals surface area (Å²) in [5.74, 6) is -1.06. The molecule has 3 rings (SSSR count). The number of carboxylic acid groups (broad SMARTS) is 1. The Bertz CT molecular complexity index is 828. The smallest absolute Gasteiger partial charge is 0.339 e. The van der Waals surface area contributed by atoms with Crippen molar-refractivity contribution in [3.63, 3.8) is 0 Å². The van der Waals surface area contributed by atoms with Crippen molar-refractivity contribution in [1.82, 2.24) is 24.7 Å². The molecule has 0 atom stereocenters. The second-order valence-electron chi connectivity index (χ2n) is 4.51. The number of hydrogen-bond acceptors (Lipinski definition) is 6. The van der Waals surface area contributed by atoms with Crippen LogP contribution in [0.25, 0.3) is 11.0 Å². The zero-order valence-corrected chi connectivity index (χ0v) is 11.4. The van der Waals surface area contributed by atoms with Crippen LogP contribution in [0, 0.1) is 6.92 Å². The van der Waals surface area contributed by atoms with Gasteiger partial charge < -0.3 is 10.4 Å². The molecule has 0 fully saturated rings. The highest BCUT2D eigenvalue weighted by Gasteiger charge is 2.19. The predicted molar refractivity (Wildman–Crippen MR) is 75.5 cm³/mol. The van der Waals surface area contributed by atoms with Crippen molar-refractivity contribution in [2.45, 2.75) is 6.92 Å². The summed E-state index contributed by atoms with van der Waals surface area (Å²) in [7, 11) is 1.76.